The zero-order chi connectivity index (χ0) is 9.14. The Bertz CT molecular complexity index is 170. The van der Waals surface area contributed by atoms with E-state index in [-0.39, 0.29) is 5.92 Å². The molecule has 0 heterocycles. The van der Waals surface area contributed by atoms with E-state index in [1.54, 1.807) is 0 Å². The Morgan fingerprint density at radius 1 is 1.58 bits per heavy atom. The van der Waals surface area contributed by atoms with Crippen LogP contribution in [0.1, 0.15) is 32.6 Å². The van der Waals surface area contributed by atoms with Gasteiger partial charge in [-0.05, 0) is 24.7 Å². The SMILES string of the molecule is CC1CCCC([C@H](N)C(=O)O)C1. The van der Waals surface area contributed by atoms with Gasteiger partial charge in [-0.2, -0.15) is 0 Å². The van der Waals surface area contributed by atoms with Gasteiger partial charge < -0.3 is 10.8 Å². The van der Waals surface area contributed by atoms with E-state index in [1.165, 1.54) is 6.42 Å². The Hall–Kier alpha value is -0.570. The second-order valence-electron chi connectivity index (χ2n) is 3.90. The topological polar surface area (TPSA) is 63.3 Å². The van der Waals surface area contributed by atoms with E-state index in [2.05, 4.69) is 6.92 Å². The summed E-state index contributed by atoms with van der Waals surface area (Å²) in [5.74, 6) is -0.00509. The Kier molecular flexibility index (Phi) is 3.09. The van der Waals surface area contributed by atoms with Gasteiger partial charge in [0, 0.05) is 0 Å². The molecule has 0 bridgehead atoms. The molecule has 3 N–H and O–H groups in total. The van der Waals surface area contributed by atoms with Crippen molar-refractivity contribution in [3.63, 3.8) is 0 Å². The highest BCUT2D eigenvalue weighted by molar-refractivity contribution is 5.73. The van der Waals surface area contributed by atoms with Crippen LogP contribution in [0.5, 0.6) is 0 Å². The van der Waals surface area contributed by atoms with Gasteiger partial charge in [0.2, 0.25) is 0 Å². The second-order valence-corrected chi connectivity index (χ2v) is 3.90. The van der Waals surface area contributed by atoms with Crippen LogP contribution in [-0.4, -0.2) is 17.1 Å². The first-order chi connectivity index (χ1) is 5.61. The average Bonchev–Trinajstić information content (AvgIpc) is 2.03. The van der Waals surface area contributed by atoms with Crippen LogP contribution in [0.4, 0.5) is 0 Å². The van der Waals surface area contributed by atoms with Crippen molar-refractivity contribution in [1.82, 2.24) is 0 Å². The quantitative estimate of drug-likeness (QED) is 0.656. The predicted molar refractivity (Wildman–Crippen MR) is 46.7 cm³/mol. The number of aliphatic carboxylic acids is 1. The van der Waals surface area contributed by atoms with Crippen LogP contribution < -0.4 is 5.73 Å². The van der Waals surface area contributed by atoms with Crippen molar-refractivity contribution in [2.45, 2.75) is 38.6 Å². The molecule has 0 saturated heterocycles. The summed E-state index contributed by atoms with van der Waals surface area (Å²) in [7, 11) is 0. The summed E-state index contributed by atoms with van der Waals surface area (Å²) in [5, 5.41) is 8.70. The van der Waals surface area contributed by atoms with E-state index in [0.29, 0.717) is 5.92 Å². The summed E-state index contributed by atoms with van der Waals surface area (Å²) in [4.78, 5) is 10.6. The molecule has 3 heteroatoms. The Labute approximate surface area is 72.9 Å². The molecule has 0 aromatic carbocycles. The maximum absolute atomic E-state index is 10.6. The molecule has 12 heavy (non-hydrogen) atoms. The van der Waals surface area contributed by atoms with Crippen molar-refractivity contribution in [1.29, 1.82) is 0 Å². The van der Waals surface area contributed by atoms with Gasteiger partial charge in [-0.25, -0.2) is 0 Å². The minimum absolute atomic E-state index is 0.200. The van der Waals surface area contributed by atoms with E-state index < -0.39 is 12.0 Å². The highest BCUT2D eigenvalue weighted by Gasteiger charge is 2.28. The lowest BCUT2D eigenvalue weighted by molar-refractivity contribution is -0.140. The summed E-state index contributed by atoms with van der Waals surface area (Å²) in [6, 6.07) is -0.646. The molecule has 1 aliphatic carbocycles. The fourth-order valence-corrected chi connectivity index (χ4v) is 2.01. The van der Waals surface area contributed by atoms with E-state index in [9.17, 15) is 4.79 Å². The number of hydrogen-bond donors (Lipinski definition) is 2. The van der Waals surface area contributed by atoms with Crippen LogP contribution in [0.2, 0.25) is 0 Å². The molecule has 0 aromatic rings. The first kappa shape index (κ1) is 9.52. The van der Waals surface area contributed by atoms with E-state index in [0.717, 1.165) is 19.3 Å². The highest BCUT2D eigenvalue weighted by atomic mass is 16.4. The predicted octanol–water partition coefficient (Wildman–Crippen LogP) is 1.22. The van der Waals surface area contributed by atoms with Gasteiger partial charge >= 0.3 is 5.97 Å². The first-order valence-corrected chi connectivity index (χ1v) is 4.59. The monoisotopic (exact) mass is 171 g/mol. The summed E-state index contributed by atoms with van der Waals surface area (Å²) < 4.78 is 0. The number of carboxylic acid groups (broad SMARTS) is 1. The Balaban J connectivity index is 2.45. The van der Waals surface area contributed by atoms with Crippen LogP contribution in [-0.2, 0) is 4.79 Å². The van der Waals surface area contributed by atoms with Gasteiger partial charge in [0.25, 0.3) is 0 Å². The lowest BCUT2D eigenvalue weighted by Crippen LogP contribution is -2.40. The van der Waals surface area contributed by atoms with Crippen molar-refractivity contribution >= 4 is 5.97 Å². The van der Waals surface area contributed by atoms with Gasteiger partial charge in [0.05, 0.1) is 0 Å². The number of carbonyl (C=O) groups is 1. The first-order valence-electron chi connectivity index (χ1n) is 4.59. The number of hydrogen-bond acceptors (Lipinski definition) is 2. The standard InChI is InChI=1S/C9H17NO2/c1-6-3-2-4-7(5-6)8(10)9(11)12/h6-8H,2-5,10H2,1H3,(H,11,12)/t6?,7?,8-/m0/s1. The summed E-state index contributed by atoms with van der Waals surface area (Å²) in [5.41, 5.74) is 5.55. The molecule has 3 atom stereocenters. The minimum Gasteiger partial charge on any atom is -0.480 e. The van der Waals surface area contributed by atoms with Crippen molar-refractivity contribution in [2.75, 3.05) is 0 Å². The van der Waals surface area contributed by atoms with Crippen LogP contribution in [0.3, 0.4) is 0 Å². The van der Waals surface area contributed by atoms with Gasteiger partial charge in [0.15, 0.2) is 0 Å². The minimum atomic E-state index is -0.853. The Morgan fingerprint density at radius 2 is 2.25 bits per heavy atom. The van der Waals surface area contributed by atoms with Gasteiger partial charge in [-0.1, -0.05) is 19.8 Å². The molecule has 0 spiro atoms. The third-order valence-electron chi connectivity index (χ3n) is 2.77. The molecule has 1 saturated carbocycles. The molecule has 0 aliphatic heterocycles. The number of nitrogens with two attached hydrogens (primary N) is 1. The molecule has 1 aliphatic rings. The lowest BCUT2D eigenvalue weighted by atomic mass is 9.79. The fraction of sp³-hybridized carbons (Fsp3) is 0.889. The second kappa shape index (κ2) is 3.90. The average molecular weight is 171 g/mol. The van der Waals surface area contributed by atoms with Gasteiger partial charge in [-0.3, -0.25) is 4.79 Å². The van der Waals surface area contributed by atoms with Crippen molar-refractivity contribution in [2.24, 2.45) is 17.6 Å². The van der Waals surface area contributed by atoms with Crippen LogP contribution in [0.25, 0.3) is 0 Å². The summed E-state index contributed by atoms with van der Waals surface area (Å²) in [6.45, 7) is 2.17. The highest BCUT2D eigenvalue weighted by Crippen LogP contribution is 2.30. The molecular formula is C9H17NO2. The van der Waals surface area contributed by atoms with Crippen molar-refractivity contribution < 1.29 is 9.90 Å². The molecular weight excluding hydrogens is 154 g/mol. The molecule has 1 rings (SSSR count). The molecule has 0 aromatic heterocycles. The van der Waals surface area contributed by atoms with Gasteiger partial charge in [0.1, 0.15) is 6.04 Å². The summed E-state index contributed by atoms with van der Waals surface area (Å²) >= 11 is 0. The van der Waals surface area contributed by atoms with E-state index in [1.807, 2.05) is 0 Å². The smallest absolute Gasteiger partial charge is 0.320 e. The lowest BCUT2D eigenvalue weighted by Gasteiger charge is -2.28. The normalized spacial score (nSPS) is 32.8. The number of rotatable bonds is 2. The maximum atomic E-state index is 10.6. The molecule has 3 nitrogen and oxygen atoms in total. The van der Waals surface area contributed by atoms with Crippen LogP contribution in [0, 0.1) is 11.8 Å². The van der Waals surface area contributed by atoms with E-state index >= 15 is 0 Å². The third kappa shape index (κ3) is 2.21. The van der Waals surface area contributed by atoms with E-state index in [4.69, 9.17) is 10.8 Å². The summed E-state index contributed by atoms with van der Waals surface area (Å²) in [6.07, 6.45) is 4.32. The van der Waals surface area contributed by atoms with Crippen LogP contribution in [0.15, 0.2) is 0 Å². The molecule has 1 fully saturated rings. The fourth-order valence-electron chi connectivity index (χ4n) is 2.01. The molecule has 0 radical (unpaired) electrons. The van der Waals surface area contributed by atoms with Crippen LogP contribution >= 0.6 is 0 Å². The van der Waals surface area contributed by atoms with Crippen molar-refractivity contribution in [3.05, 3.63) is 0 Å². The molecule has 70 valence electrons. The number of carboxylic acids is 1. The largest absolute Gasteiger partial charge is 0.480 e. The maximum Gasteiger partial charge on any atom is 0.320 e. The van der Waals surface area contributed by atoms with Gasteiger partial charge in [-0.15, -0.1) is 0 Å². The van der Waals surface area contributed by atoms with Crippen molar-refractivity contribution in [3.8, 4) is 0 Å². The Morgan fingerprint density at radius 3 is 2.75 bits per heavy atom. The third-order valence-corrected chi connectivity index (χ3v) is 2.77. The zero-order valence-corrected chi connectivity index (χ0v) is 7.49. The zero-order valence-electron chi connectivity index (χ0n) is 7.49. The molecule has 0 amide bonds. The molecule has 2 unspecified atom stereocenters.